The first-order chi connectivity index (χ1) is 13.8. The highest BCUT2D eigenvalue weighted by atomic mass is 19.4. The van der Waals surface area contributed by atoms with Crippen LogP contribution in [-0.4, -0.2) is 28.8 Å². The van der Waals surface area contributed by atoms with Crippen molar-refractivity contribution < 1.29 is 13.2 Å². The highest BCUT2D eigenvalue weighted by molar-refractivity contribution is 5.93. The van der Waals surface area contributed by atoms with Crippen molar-refractivity contribution in [3.05, 3.63) is 59.5 Å². The average Bonchev–Trinajstić information content (AvgIpc) is 3.11. The quantitative estimate of drug-likeness (QED) is 0.370. The number of hydrogen-bond donors (Lipinski definition) is 1. The zero-order valence-corrected chi connectivity index (χ0v) is 17.4. The number of aromatic nitrogens is 2. The minimum atomic E-state index is -4.40. The fourth-order valence-electron chi connectivity index (χ4n) is 3.33. The molecule has 0 saturated carbocycles. The number of alkyl halides is 3. The van der Waals surface area contributed by atoms with E-state index in [-0.39, 0.29) is 6.04 Å². The Labute approximate surface area is 170 Å². The highest BCUT2D eigenvalue weighted by Gasteiger charge is 2.32. The van der Waals surface area contributed by atoms with E-state index in [2.05, 4.69) is 15.4 Å². The Morgan fingerprint density at radius 3 is 2.62 bits per heavy atom. The summed E-state index contributed by atoms with van der Waals surface area (Å²) in [6.07, 6.45) is 7.34. The van der Waals surface area contributed by atoms with E-state index >= 15 is 0 Å². The van der Waals surface area contributed by atoms with Gasteiger partial charge in [-0.2, -0.15) is 18.3 Å². The molecule has 0 radical (unpaired) electrons. The van der Waals surface area contributed by atoms with Crippen LogP contribution < -0.4 is 5.32 Å². The van der Waals surface area contributed by atoms with Crippen LogP contribution >= 0.6 is 0 Å². The Kier molecular flexibility index (Phi) is 8.05. The van der Waals surface area contributed by atoms with E-state index in [9.17, 15) is 13.2 Å². The van der Waals surface area contributed by atoms with Gasteiger partial charge in [0.25, 0.3) is 0 Å². The van der Waals surface area contributed by atoms with Gasteiger partial charge in [-0.25, -0.2) is 0 Å². The molecule has 1 aromatic heterocycles. The van der Waals surface area contributed by atoms with E-state index < -0.39 is 11.7 Å². The lowest BCUT2D eigenvalue weighted by atomic mass is 10.0. The summed E-state index contributed by atoms with van der Waals surface area (Å²) < 4.78 is 42.0. The predicted octanol–water partition coefficient (Wildman–Crippen LogP) is 5.77. The van der Waals surface area contributed by atoms with Crippen LogP contribution in [0.15, 0.2) is 53.1 Å². The molecular formula is C22H29F3N4. The fraction of sp³-hybridized carbons (Fsp3) is 0.455. The number of rotatable bonds is 6. The van der Waals surface area contributed by atoms with Gasteiger partial charge in [-0.05, 0) is 51.3 Å². The van der Waals surface area contributed by atoms with Gasteiger partial charge in [0.15, 0.2) is 0 Å². The Morgan fingerprint density at radius 2 is 2.03 bits per heavy atom. The Balaban J connectivity index is 2.44. The molecular weight excluding hydrogens is 377 g/mol. The van der Waals surface area contributed by atoms with Gasteiger partial charge < -0.3 is 5.32 Å². The van der Waals surface area contributed by atoms with Crippen molar-refractivity contribution in [2.45, 2.75) is 58.8 Å². The molecule has 0 amide bonds. The molecule has 1 unspecified atom stereocenters. The highest BCUT2D eigenvalue weighted by Crippen LogP contribution is 2.32. The van der Waals surface area contributed by atoms with Crippen molar-refractivity contribution in [3.63, 3.8) is 0 Å². The average molecular weight is 406 g/mol. The SMILES string of the molecule is C/C=C\C(=NC)NC1CCCn2nc(C(/C=C\C)=C/C(=C/CC)C(F)(F)F)cc21. The minimum absolute atomic E-state index is 0.0139. The van der Waals surface area contributed by atoms with E-state index in [0.29, 0.717) is 17.7 Å². The molecule has 0 aromatic carbocycles. The fourth-order valence-corrected chi connectivity index (χ4v) is 3.33. The maximum absolute atomic E-state index is 13.4. The number of fused-ring (bicyclic) bond motifs is 1. The molecule has 2 heterocycles. The topological polar surface area (TPSA) is 42.2 Å². The van der Waals surface area contributed by atoms with Crippen LogP contribution in [0.3, 0.4) is 0 Å². The first kappa shape index (κ1) is 22.7. The van der Waals surface area contributed by atoms with E-state index in [1.165, 1.54) is 12.2 Å². The second-order valence-electron chi connectivity index (χ2n) is 6.79. The lowest BCUT2D eigenvalue weighted by Crippen LogP contribution is -2.31. The summed E-state index contributed by atoms with van der Waals surface area (Å²) in [4.78, 5) is 4.24. The van der Waals surface area contributed by atoms with E-state index in [1.807, 2.05) is 29.8 Å². The molecule has 1 N–H and O–H groups in total. The van der Waals surface area contributed by atoms with Gasteiger partial charge in [0.2, 0.25) is 0 Å². The van der Waals surface area contributed by atoms with Gasteiger partial charge in [-0.1, -0.05) is 31.2 Å². The van der Waals surface area contributed by atoms with Gasteiger partial charge in [0.05, 0.1) is 23.0 Å². The van der Waals surface area contributed by atoms with Crippen molar-refractivity contribution in [1.82, 2.24) is 15.1 Å². The molecule has 2 rings (SSSR count). The van der Waals surface area contributed by atoms with Gasteiger partial charge in [-0.3, -0.25) is 9.67 Å². The number of halogens is 3. The number of aliphatic imine (C=N–C) groups is 1. The molecule has 1 aliphatic heterocycles. The van der Waals surface area contributed by atoms with Gasteiger partial charge in [0.1, 0.15) is 5.84 Å². The summed E-state index contributed by atoms with van der Waals surface area (Å²) in [5.74, 6) is 0.767. The van der Waals surface area contributed by atoms with Crippen LogP contribution in [0, 0.1) is 0 Å². The van der Waals surface area contributed by atoms with E-state index in [0.717, 1.165) is 30.9 Å². The maximum atomic E-state index is 13.4. The lowest BCUT2D eigenvalue weighted by molar-refractivity contribution is -0.0883. The first-order valence-corrected chi connectivity index (χ1v) is 9.89. The molecule has 0 spiro atoms. The number of amidine groups is 1. The van der Waals surface area contributed by atoms with Gasteiger partial charge in [-0.15, -0.1) is 0 Å². The predicted molar refractivity (Wildman–Crippen MR) is 113 cm³/mol. The third-order valence-electron chi connectivity index (χ3n) is 4.62. The van der Waals surface area contributed by atoms with Gasteiger partial charge in [0, 0.05) is 19.2 Å². The van der Waals surface area contributed by atoms with Crippen LogP contribution in [0.2, 0.25) is 0 Å². The van der Waals surface area contributed by atoms with E-state index in [4.69, 9.17) is 0 Å². The first-order valence-electron chi connectivity index (χ1n) is 9.89. The summed E-state index contributed by atoms with van der Waals surface area (Å²) in [5, 5.41) is 8.00. The molecule has 4 nitrogen and oxygen atoms in total. The summed E-state index contributed by atoms with van der Waals surface area (Å²) >= 11 is 0. The Bertz CT molecular complexity index is 839. The van der Waals surface area contributed by atoms with Crippen LogP contribution in [0.4, 0.5) is 13.2 Å². The monoisotopic (exact) mass is 406 g/mol. The van der Waals surface area contributed by atoms with E-state index in [1.54, 1.807) is 33.0 Å². The number of nitrogens with one attached hydrogen (secondary N) is 1. The normalized spacial score (nSPS) is 19.3. The van der Waals surface area contributed by atoms with Crippen molar-refractivity contribution in [1.29, 1.82) is 0 Å². The van der Waals surface area contributed by atoms with Crippen LogP contribution in [-0.2, 0) is 6.54 Å². The summed E-state index contributed by atoms with van der Waals surface area (Å²) in [5.41, 5.74) is 1.30. The van der Waals surface area contributed by atoms with Crippen LogP contribution in [0.25, 0.3) is 5.57 Å². The number of nitrogens with zero attached hydrogens (tertiary/aromatic N) is 3. The molecule has 1 aromatic rings. The number of allylic oxidation sites excluding steroid dienone is 7. The van der Waals surface area contributed by atoms with Crippen molar-refractivity contribution in [2.75, 3.05) is 7.05 Å². The number of aryl methyl sites for hydroxylation is 1. The Morgan fingerprint density at radius 1 is 1.31 bits per heavy atom. The summed E-state index contributed by atoms with van der Waals surface area (Å²) in [6, 6.07) is 1.89. The molecule has 1 atom stereocenters. The third kappa shape index (κ3) is 5.95. The lowest BCUT2D eigenvalue weighted by Gasteiger charge is -2.25. The maximum Gasteiger partial charge on any atom is 0.416 e. The molecule has 0 aliphatic carbocycles. The van der Waals surface area contributed by atoms with Gasteiger partial charge >= 0.3 is 6.18 Å². The molecule has 29 heavy (non-hydrogen) atoms. The van der Waals surface area contributed by atoms with Crippen molar-refractivity contribution in [2.24, 2.45) is 4.99 Å². The third-order valence-corrected chi connectivity index (χ3v) is 4.62. The van der Waals surface area contributed by atoms with Crippen molar-refractivity contribution >= 4 is 11.4 Å². The molecule has 0 fully saturated rings. The van der Waals surface area contributed by atoms with Crippen LogP contribution in [0.5, 0.6) is 0 Å². The second kappa shape index (κ2) is 10.3. The van der Waals surface area contributed by atoms with Crippen molar-refractivity contribution in [3.8, 4) is 0 Å². The largest absolute Gasteiger partial charge is 0.416 e. The molecule has 0 saturated heterocycles. The van der Waals surface area contributed by atoms with Crippen LogP contribution in [0.1, 0.15) is 57.5 Å². The second-order valence-corrected chi connectivity index (χ2v) is 6.79. The standard InChI is InChI=1S/C22H29F3N4/c1-5-9-16(14-17(10-6-2)22(23,24)25)19-15-20-18(12-8-13-29(20)28-19)27-21(26-4)11-7-3/h5,7,9-11,14-15,18H,6,8,12-13H2,1-4H3,(H,26,27)/b9-5-,11-7-,16-14+,17-10-. The minimum Gasteiger partial charge on any atom is -0.362 e. The molecule has 1 aliphatic rings. The zero-order valence-electron chi connectivity index (χ0n) is 17.4. The molecule has 7 heteroatoms. The number of hydrogen-bond acceptors (Lipinski definition) is 2. The Hall–Kier alpha value is -2.57. The molecule has 158 valence electrons. The summed E-state index contributed by atoms with van der Waals surface area (Å²) in [6.45, 7) is 6.15. The zero-order chi connectivity index (χ0) is 21.4. The summed E-state index contributed by atoms with van der Waals surface area (Å²) in [7, 11) is 1.72. The smallest absolute Gasteiger partial charge is 0.362 e. The molecule has 0 bridgehead atoms.